The van der Waals surface area contributed by atoms with Crippen LogP contribution in [0.15, 0.2) is 30.6 Å². The van der Waals surface area contributed by atoms with Crippen LogP contribution in [0.4, 0.5) is 5.69 Å². The first-order valence-electron chi connectivity index (χ1n) is 6.18. The lowest BCUT2D eigenvalue weighted by atomic mass is 10.1. The molecule has 1 amide bonds. The molecule has 0 atom stereocenters. The molecule has 0 bridgehead atoms. The van der Waals surface area contributed by atoms with Crippen molar-refractivity contribution in [2.24, 2.45) is 7.05 Å². The summed E-state index contributed by atoms with van der Waals surface area (Å²) in [6.45, 7) is 2.48. The zero-order valence-corrected chi connectivity index (χ0v) is 11.2. The van der Waals surface area contributed by atoms with Gasteiger partial charge in [-0.1, -0.05) is 6.07 Å². The lowest BCUT2D eigenvalue weighted by Gasteiger charge is -2.08. The normalized spacial score (nSPS) is 10.4. The number of aromatic nitrogens is 2. The van der Waals surface area contributed by atoms with Crippen molar-refractivity contribution in [2.45, 2.75) is 13.3 Å². The molecule has 0 radical (unpaired) electrons. The highest BCUT2D eigenvalue weighted by Gasteiger charge is 2.08. The summed E-state index contributed by atoms with van der Waals surface area (Å²) in [6.07, 6.45) is 4.51. The van der Waals surface area contributed by atoms with E-state index in [1.165, 1.54) is 0 Å². The fourth-order valence-electron chi connectivity index (χ4n) is 1.90. The first-order valence-corrected chi connectivity index (χ1v) is 6.18. The number of aryl methyl sites for hydroxylation is 2. The van der Waals surface area contributed by atoms with E-state index in [1.807, 2.05) is 26.2 Å². The van der Waals surface area contributed by atoms with Crippen LogP contribution < -0.4 is 11.1 Å². The SMILES string of the molecule is Cc1ccc(N)cc1C(=O)NCCc1cnn(C)c1. The average Bonchev–Trinajstić information content (AvgIpc) is 2.78. The van der Waals surface area contributed by atoms with E-state index >= 15 is 0 Å². The molecule has 5 nitrogen and oxygen atoms in total. The molecule has 0 fully saturated rings. The third-order valence-corrected chi connectivity index (χ3v) is 2.96. The number of hydrogen-bond donors (Lipinski definition) is 2. The minimum Gasteiger partial charge on any atom is -0.399 e. The van der Waals surface area contributed by atoms with E-state index in [4.69, 9.17) is 5.73 Å². The molecule has 1 heterocycles. The molecular formula is C14H18N4O. The van der Waals surface area contributed by atoms with Gasteiger partial charge in [0, 0.05) is 31.0 Å². The van der Waals surface area contributed by atoms with Crippen LogP contribution in [-0.4, -0.2) is 22.2 Å². The van der Waals surface area contributed by atoms with E-state index in [-0.39, 0.29) is 5.91 Å². The van der Waals surface area contributed by atoms with Crippen molar-refractivity contribution >= 4 is 11.6 Å². The predicted octanol–water partition coefficient (Wildman–Crippen LogP) is 1.28. The fourth-order valence-corrected chi connectivity index (χ4v) is 1.90. The van der Waals surface area contributed by atoms with Crippen LogP contribution in [0.25, 0.3) is 0 Å². The summed E-state index contributed by atoms with van der Waals surface area (Å²) in [5, 5.41) is 6.98. The van der Waals surface area contributed by atoms with Gasteiger partial charge in [-0.15, -0.1) is 0 Å². The maximum Gasteiger partial charge on any atom is 0.251 e. The smallest absolute Gasteiger partial charge is 0.251 e. The molecule has 2 aromatic rings. The van der Waals surface area contributed by atoms with Gasteiger partial charge in [-0.05, 0) is 36.6 Å². The molecular weight excluding hydrogens is 240 g/mol. The van der Waals surface area contributed by atoms with Crippen molar-refractivity contribution in [3.05, 3.63) is 47.3 Å². The number of nitrogens with zero attached hydrogens (tertiary/aromatic N) is 2. The number of anilines is 1. The number of benzene rings is 1. The van der Waals surface area contributed by atoms with Crippen LogP contribution in [0, 0.1) is 6.92 Å². The number of amides is 1. The van der Waals surface area contributed by atoms with Crippen LogP contribution in [0.5, 0.6) is 0 Å². The Hall–Kier alpha value is -2.30. The fraction of sp³-hybridized carbons (Fsp3) is 0.286. The highest BCUT2D eigenvalue weighted by atomic mass is 16.1. The molecule has 19 heavy (non-hydrogen) atoms. The number of hydrogen-bond acceptors (Lipinski definition) is 3. The Morgan fingerprint density at radius 1 is 1.47 bits per heavy atom. The third kappa shape index (κ3) is 3.34. The zero-order valence-electron chi connectivity index (χ0n) is 11.2. The summed E-state index contributed by atoms with van der Waals surface area (Å²) in [5.74, 6) is -0.0892. The first kappa shape index (κ1) is 13.1. The molecule has 0 unspecified atom stereocenters. The molecule has 1 aromatic carbocycles. The minimum absolute atomic E-state index is 0.0892. The summed E-state index contributed by atoms with van der Waals surface area (Å²) < 4.78 is 1.75. The molecule has 0 spiro atoms. The summed E-state index contributed by atoms with van der Waals surface area (Å²) >= 11 is 0. The lowest BCUT2D eigenvalue weighted by Crippen LogP contribution is -2.26. The van der Waals surface area contributed by atoms with Gasteiger partial charge in [-0.3, -0.25) is 9.48 Å². The van der Waals surface area contributed by atoms with E-state index in [0.29, 0.717) is 17.8 Å². The van der Waals surface area contributed by atoms with Crippen LogP contribution in [-0.2, 0) is 13.5 Å². The Morgan fingerprint density at radius 2 is 2.26 bits per heavy atom. The second-order valence-corrected chi connectivity index (χ2v) is 4.60. The van der Waals surface area contributed by atoms with Gasteiger partial charge in [-0.25, -0.2) is 0 Å². The zero-order chi connectivity index (χ0) is 13.8. The van der Waals surface area contributed by atoms with Crippen molar-refractivity contribution in [3.63, 3.8) is 0 Å². The Morgan fingerprint density at radius 3 is 2.95 bits per heavy atom. The monoisotopic (exact) mass is 258 g/mol. The van der Waals surface area contributed by atoms with Gasteiger partial charge < -0.3 is 11.1 Å². The Kier molecular flexibility index (Phi) is 3.85. The van der Waals surface area contributed by atoms with Gasteiger partial charge in [0.05, 0.1) is 6.20 Å². The topological polar surface area (TPSA) is 72.9 Å². The quantitative estimate of drug-likeness (QED) is 0.811. The molecule has 3 N–H and O–H groups in total. The van der Waals surface area contributed by atoms with Gasteiger partial charge >= 0.3 is 0 Å². The molecule has 0 saturated carbocycles. The molecule has 5 heteroatoms. The second-order valence-electron chi connectivity index (χ2n) is 4.60. The molecule has 2 rings (SSSR count). The van der Waals surface area contributed by atoms with Crippen LogP contribution in [0.1, 0.15) is 21.5 Å². The van der Waals surface area contributed by atoms with Crippen molar-refractivity contribution in [1.82, 2.24) is 15.1 Å². The van der Waals surface area contributed by atoms with Crippen molar-refractivity contribution in [2.75, 3.05) is 12.3 Å². The van der Waals surface area contributed by atoms with Gasteiger partial charge in [0.2, 0.25) is 0 Å². The van der Waals surface area contributed by atoms with Gasteiger partial charge in [-0.2, -0.15) is 5.10 Å². The summed E-state index contributed by atoms with van der Waals surface area (Å²) in [7, 11) is 1.87. The lowest BCUT2D eigenvalue weighted by molar-refractivity contribution is 0.0953. The standard InChI is InChI=1S/C14H18N4O/c1-10-3-4-12(15)7-13(10)14(19)16-6-5-11-8-17-18(2)9-11/h3-4,7-9H,5-6,15H2,1-2H3,(H,16,19). The Balaban J connectivity index is 1.92. The van der Waals surface area contributed by atoms with Gasteiger partial charge in [0.1, 0.15) is 0 Å². The highest BCUT2D eigenvalue weighted by Crippen LogP contribution is 2.12. The van der Waals surface area contributed by atoms with Crippen LogP contribution in [0.2, 0.25) is 0 Å². The van der Waals surface area contributed by atoms with Crippen molar-refractivity contribution in [3.8, 4) is 0 Å². The van der Waals surface area contributed by atoms with Gasteiger partial charge in [0.15, 0.2) is 0 Å². The van der Waals surface area contributed by atoms with E-state index < -0.39 is 0 Å². The van der Waals surface area contributed by atoms with E-state index in [0.717, 1.165) is 17.5 Å². The second kappa shape index (κ2) is 5.56. The summed E-state index contributed by atoms with van der Waals surface area (Å²) in [6, 6.07) is 5.35. The Bertz CT molecular complexity index is 589. The van der Waals surface area contributed by atoms with Crippen LogP contribution >= 0.6 is 0 Å². The number of nitrogens with two attached hydrogens (primary N) is 1. The number of carbonyl (C=O) groups excluding carboxylic acids is 1. The Labute approximate surface area is 112 Å². The van der Waals surface area contributed by atoms with Gasteiger partial charge in [0.25, 0.3) is 5.91 Å². The van der Waals surface area contributed by atoms with Crippen molar-refractivity contribution < 1.29 is 4.79 Å². The molecule has 0 saturated heterocycles. The minimum atomic E-state index is -0.0892. The largest absolute Gasteiger partial charge is 0.399 e. The predicted molar refractivity (Wildman–Crippen MR) is 74.8 cm³/mol. The average molecular weight is 258 g/mol. The number of carbonyl (C=O) groups is 1. The number of nitrogen functional groups attached to an aromatic ring is 1. The third-order valence-electron chi connectivity index (χ3n) is 2.96. The van der Waals surface area contributed by atoms with E-state index in [2.05, 4.69) is 10.4 Å². The summed E-state index contributed by atoms with van der Waals surface area (Å²) in [5.41, 5.74) is 8.96. The molecule has 100 valence electrons. The molecule has 0 aliphatic heterocycles. The van der Waals surface area contributed by atoms with E-state index in [9.17, 15) is 4.79 Å². The first-order chi connectivity index (χ1) is 9.06. The summed E-state index contributed by atoms with van der Waals surface area (Å²) in [4.78, 5) is 12.0. The highest BCUT2D eigenvalue weighted by molar-refractivity contribution is 5.96. The van der Waals surface area contributed by atoms with Crippen LogP contribution in [0.3, 0.4) is 0 Å². The molecule has 0 aliphatic carbocycles. The molecule has 1 aromatic heterocycles. The maximum atomic E-state index is 12.0. The van der Waals surface area contributed by atoms with Crippen molar-refractivity contribution in [1.29, 1.82) is 0 Å². The molecule has 0 aliphatic rings. The maximum absolute atomic E-state index is 12.0. The number of rotatable bonds is 4. The number of nitrogens with one attached hydrogen (secondary N) is 1. The van der Waals surface area contributed by atoms with E-state index in [1.54, 1.807) is 23.0 Å².